The summed E-state index contributed by atoms with van der Waals surface area (Å²) in [6.07, 6.45) is 1.92. The molecule has 0 aliphatic carbocycles. The van der Waals surface area contributed by atoms with Crippen molar-refractivity contribution in [2.75, 3.05) is 36.6 Å². The molecule has 140 valence electrons. The molecule has 2 amide bonds. The molecule has 26 heavy (non-hydrogen) atoms. The molecule has 0 spiro atoms. The van der Waals surface area contributed by atoms with E-state index in [1.54, 1.807) is 4.90 Å². The highest BCUT2D eigenvalue weighted by Gasteiger charge is 2.42. The van der Waals surface area contributed by atoms with Crippen LogP contribution in [0, 0.1) is 0 Å². The summed E-state index contributed by atoms with van der Waals surface area (Å²) in [5.41, 5.74) is 0.330. The lowest BCUT2D eigenvalue weighted by molar-refractivity contribution is -0.133. The number of nitrogens with zero attached hydrogens (tertiary/aromatic N) is 2. The summed E-state index contributed by atoms with van der Waals surface area (Å²) < 4.78 is 32.8. The topological polar surface area (TPSA) is 96.0 Å². The Kier molecular flexibility index (Phi) is 4.57. The molecule has 8 nitrogen and oxygen atoms in total. The highest BCUT2D eigenvalue weighted by Crippen LogP contribution is 2.34. The van der Waals surface area contributed by atoms with Crippen LogP contribution in [-0.2, 0) is 19.6 Å². The Morgan fingerprint density at radius 1 is 1.27 bits per heavy atom. The molecule has 1 aromatic rings. The monoisotopic (exact) mass is 397 g/mol. The first-order valence-corrected chi connectivity index (χ1v) is 11.0. The standard InChI is InChI=1S/C16H19N3O5S2/c20-15-8-24-14-4-3-11(7-12(14)17-15)26(22,23)19-10-25-9-13(19)16(21)18-5-1-2-6-18/h3-4,7,13H,1-2,5-6,8-10H2,(H,17,20). The molecule has 0 aromatic heterocycles. The van der Waals surface area contributed by atoms with E-state index in [9.17, 15) is 18.0 Å². The first-order valence-electron chi connectivity index (χ1n) is 8.42. The summed E-state index contributed by atoms with van der Waals surface area (Å²) in [6, 6.07) is 3.70. The minimum absolute atomic E-state index is 0.0452. The van der Waals surface area contributed by atoms with Gasteiger partial charge in [0.2, 0.25) is 15.9 Å². The minimum Gasteiger partial charge on any atom is -0.482 e. The van der Waals surface area contributed by atoms with Gasteiger partial charge in [0.25, 0.3) is 5.91 Å². The maximum atomic E-state index is 13.1. The van der Waals surface area contributed by atoms with Crippen molar-refractivity contribution < 1.29 is 22.7 Å². The molecule has 10 heteroatoms. The number of nitrogens with one attached hydrogen (secondary N) is 1. The second kappa shape index (κ2) is 6.75. The van der Waals surface area contributed by atoms with E-state index in [0.29, 0.717) is 30.3 Å². The molecule has 1 N–H and O–H groups in total. The van der Waals surface area contributed by atoms with Gasteiger partial charge in [-0.05, 0) is 31.0 Å². The average Bonchev–Trinajstić information content (AvgIpc) is 3.32. The summed E-state index contributed by atoms with van der Waals surface area (Å²) in [6.45, 7) is 1.29. The number of amides is 2. The molecule has 3 aliphatic heterocycles. The van der Waals surface area contributed by atoms with Gasteiger partial charge in [-0.2, -0.15) is 4.31 Å². The quantitative estimate of drug-likeness (QED) is 0.807. The molecule has 0 saturated carbocycles. The number of benzene rings is 1. The molecular formula is C16H19N3O5S2. The van der Waals surface area contributed by atoms with Crippen LogP contribution in [0.15, 0.2) is 23.1 Å². The number of carbonyl (C=O) groups excluding carboxylic acids is 2. The number of hydrogen-bond acceptors (Lipinski definition) is 6. The van der Waals surface area contributed by atoms with Crippen molar-refractivity contribution in [1.29, 1.82) is 0 Å². The molecule has 1 unspecified atom stereocenters. The van der Waals surface area contributed by atoms with Gasteiger partial charge >= 0.3 is 0 Å². The first-order chi connectivity index (χ1) is 12.5. The third-order valence-electron chi connectivity index (χ3n) is 4.74. The van der Waals surface area contributed by atoms with Crippen LogP contribution >= 0.6 is 11.8 Å². The molecule has 0 radical (unpaired) electrons. The lowest BCUT2D eigenvalue weighted by atomic mass is 10.2. The highest BCUT2D eigenvalue weighted by atomic mass is 32.2. The summed E-state index contributed by atoms with van der Waals surface area (Å²) in [4.78, 5) is 26.0. The van der Waals surface area contributed by atoms with Gasteiger partial charge in [-0.3, -0.25) is 9.59 Å². The number of ether oxygens (including phenoxy) is 1. The van der Waals surface area contributed by atoms with Gasteiger partial charge in [0.1, 0.15) is 11.8 Å². The van der Waals surface area contributed by atoms with Crippen LogP contribution in [-0.4, -0.2) is 66.8 Å². The number of carbonyl (C=O) groups is 2. The molecular weight excluding hydrogens is 378 g/mol. The maximum Gasteiger partial charge on any atom is 0.262 e. The van der Waals surface area contributed by atoms with Crippen molar-refractivity contribution in [1.82, 2.24) is 9.21 Å². The fraction of sp³-hybridized carbons (Fsp3) is 0.500. The average molecular weight is 397 g/mol. The minimum atomic E-state index is -3.86. The summed E-state index contributed by atoms with van der Waals surface area (Å²) in [5, 5.41) is 2.61. The lowest BCUT2D eigenvalue weighted by Gasteiger charge is -2.27. The first kappa shape index (κ1) is 17.6. The van der Waals surface area contributed by atoms with Crippen molar-refractivity contribution >= 4 is 39.3 Å². The Morgan fingerprint density at radius 2 is 2.04 bits per heavy atom. The van der Waals surface area contributed by atoms with Crippen molar-refractivity contribution in [2.45, 2.75) is 23.8 Å². The summed E-state index contributed by atoms with van der Waals surface area (Å²) in [7, 11) is -3.86. The number of hydrogen-bond donors (Lipinski definition) is 1. The number of rotatable bonds is 3. The molecule has 2 saturated heterocycles. The van der Waals surface area contributed by atoms with E-state index in [1.165, 1.54) is 34.3 Å². The van der Waals surface area contributed by atoms with Gasteiger partial charge < -0.3 is 15.0 Å². The van der Waals surface area contributed by atoms with E-state index in [1.807, 2.05) is 0 Å². The Balaban J connectivity index is 1.62. The number of thioether (sulfide) groups is 1. The van der Waals surface area contributed by atoms with Crippen molar-refractivity contribution in [3.05, 3.63) is 18.2 Å². The van der Waals surface area contributed by atoms with Crippen LogP contribution in [0.4, 0.5) is 5.69 Å². The van der Waals surface area contributed by atoms with E-state index in [-0.39, 0.29) is 29.2 Å². The lowest BCUT2D eigenvalue weighted by Crippen LogP contribution is -2.48. The van der Waals surface area contributed by atoms with Crippen LogP contribution in [0.5, 0.6) is 5.75 Å². The number of sulfonamides is 1. The fourth-order valence-corrected chi connectivity index (χ4v) is 6.53. The van der Waals surface area contributed by atoms with Crippen molar-refractivity contribution in [2.24, 2.45) is 0 Å². The maximum absolute atomic E-state index is 13.1. The largest absolute Gasteiger partial charge is 0.482 e. The van der Waals surface area contributed by atoms with Gasteiger partial charge in [0, 0.05) is 18.8 Å². The van der Waals surface area contributed by atoms with E-state index in [0.717, 1.165) is 12.8 Å². The Hall–Kier alpha value is -1.78. The summed E-state index contributed by atoms with van der Waals surface area (Å²) in [5.74, 6) is 0.687. The second-order valence-corrected chi connectivity index (χ2v) is 9.33. The number of anilines is 1. The van der Waals surface area contributed by atoms with Gasteiger partial charge in [0.15, 0.2) is 6.61 Å². The zero-order valence-electron chi connectivity index (χ0n) is 14.0. The van der Waals surface area contributed by atoms with E-state index >= 15 is 0 Å². The Bertz CT molecular complexity index is 851. The Labute approximate surface area is 155 Å². The molecule has 4 rings (SSSR count). The van der Waals surface area contributed by atoms with Crippen LogP contribution in [0.3, 0.4) is 0 Å². The molecule has 1 aromatic carbocycles. The molecule has 3 heterocycles. The van der Waals surface area contributed by atoms with E-state index < -0.39 is 16.1 Å². The van der Waals surface area contributed by atoms with Crippen molar-refractivity contribution in [3.63, 3.8) is 0 Å². The summed E-state index contributed by atoms with van der Waals surface area (Å²) >= 11 is 1.43. The van der Waals surface area contributed by atoms with E-state index in [2.05, 4.69) is 5.32 Å². The van der Waals surface area contributed by atoms with Gasteiger partial charge in [0.05, 0.1) is 16.5 Å². The third kappa shape index (κ3) is 3.06. The normalized spacial score (nSPS) is 23.5. The van der Waals surface area contributed by atoms with Gasteiger partial charge in [-0.1, -0.05) is 0 Å². The van der Waals surface area contributed by atoms with Crippen LogP contribution < -0.4 is 10.1 Å². The van der Waals surface area contributed by atoms with Gasteiger partial charge in [-0.25, -0.2) is 8.42 Å². The van der Waals surface area contributed by atoms with E-state index in [4.69, 9.17) is 4.74 Å². The van der Waals surface area contributed by atoms with Crippen LogP contribution in [0.25, 0.3) is 0 Å². The molecule has 2 fully saturated rings. The SMILES string of the molecule is O=C1COc2ccc(S(=O)(=O)N3CSCC3C(=O)N3CCCC3)cc2N1. The predicted octanol–water partition coefficient (Wildman–Crippen LogP) is 0.703. The smallest absolute Gasteiger partial charge is 0.262 e. The zero-order valence-corrected chi connectivity index (χ0v) is 15.6. The fourth-order valence-electron chi connectivity index (χ4n) is 3.37. The van der Waals surface area contributed by atoms with Crippen molar-refractivity contribution in [3.8, 4) is 5.75 Å². The van der Waals surface area contributed by atoms with Crippen LogP contribution in [0.2, 0.25) is 0 Å². The molecule has 3 aliphatic rings. The molecule has 0 bridgehead atoms. The van der Waals surface area contributed by atoms with Gasteiger partial charge in [-0.15, -0.1) is 11.8 Å². The third-order valence-corrected chi connectivity index (χ3v) is 7.76. The zero-order chi connectivity index (χ0) is 18.3. The number of fused-ring (bicyclic) bond motifs is 1. The molecule has 1 atom stereocenters. The second-order valence-electron chi connectivity index (χ2n) is 6.44. The Morgan fingerprint density at radius 3 is 2.81 bits per heavy atom. The highest BCUT2D eigenvalue weighted by molar-refractivity contribution is 8.00. The number of likely N-dealkylation sites (tertiary alicyclic amines) is 1. The van der Waals surface area contributed by atoms with Crippen LogP contribution in [0.1, 0.15) is 12.8 Å². The predicted molar refractivity (Wildman–Crippen MR) is 96.5 cm³/mol.